The van der Waals surface area contributed by atoms with Gasteiger partial charge >= 0.3 is 6.18 Å². The first kappa shape index (κ1) is 14.1. The Balaban J connectivity index is 2.07. The molecule has 0 saturated heterocycles. The van der Waals surface area contributed by atoms with E-state index in [1.165, 1.54) is 11.0 Å². The Hall–Kier alpha value is -2.32. The Morgan fingerprint density at radius 2 is 2.20 bits per heavy atom. The summed E-state index contributed by atoms with van der Waals surface area (Å²) in [6.07, 6.45) is -2.03. The number of aryl methyl sites for hydroxylation is 1. The lowest BCUT2D eigenvalue weighted by atomic mass is 10.2. The van der Waals surface area contributed by atoms with E-state index < -0.39 is 23.8 Å². The zero-order chi connectivity index (χ0) is 14.9. The van der Waals surface area contributed by atoms with Gasteiger partial charge in [0, 0.05) is 13.2 Å². The summed E-state index contributed by atoms with van der Waals surface area (Å²) >= 11 is 0. The number of carbonyl (C=O) groups excluding carboxylic acids is 1. The highest BCUT2D eigenvalue weighted by atomic mass is 19.4. The summed E-state index contributed by atoms with van der Waals surface area (Å²) in [7, 11) is 1.67. The molecule has 0 spiro atoms. The standard InChI is InChI=1S/C11H12F3N5O/c1-6(9-16-5-19(2)18-9)17-10(20)7-3-8(15-4-7)11(12,13)14/h3-6,15H,1-2H3,(H,17,20). The van der Waals surface area contributed by atoms with Crippen LogP contribution >= 0.6 is 0 Å². The maximum Gasteiger partial charge on any atom is 0.431 e. The molecule has 2 aromatic rings. The van der Waals surface area contributed by atoms with Crippen LogP contribution in [0.3, 0.4) is 0 Å². The number of alkyl halides is 3. The maximum absolute atomic E-state index is 12.4. The van der Waals surface area contributed by atoms with E-state index in [0.29, 0.717) is 5.82 Å². The fraction of sp³-hybridized carbons (Fsp3) is 0.364. The van der Waals surface area contributed by atoms with Gasteiger partial charge in [-0.2, -0.15) is 18.3 Å². The molecular formula is C11H12F3N5O. The third-order valence-corrected chi connectivity index (χ3v) is 2.60. The topological polar surface area (TPSA) is 75.6 Å². The van der Waals surface area contributed by atoms with Crippen molar-refractivity contribution in [3.63, 3.8) is 0 Å². The van der Waals surface area contributed by atoms with Gasteiger partial charge in [-0.3, -0.25) is 9.48 Å². The van der Waals surface area contributed by atoms with Gasteiger partial charge in [-0.1, -0.05) is 0 Å². The first-order chi connectivity index (χ1) is 9.27. The molecule has 6 nitrogen and oxygen atoms in total. The predicted molar refractivity (Wildman–Crippen MR) is 62.7 cm³/mol. The van der Waals surface area contributed by atoms with E-state index in [0.717, 1.165) is 12.3 Å². The summed E-state index contributed by atoms with van der Waals surface area (Å²) < 4.78 is 38.7. The molecular weight excluding hydrogens is 275 g/mol. The van der Waals surface area contributed by atoms with Crippen LogP contribution in [0.1, 0.15) is 34.8 Å². The van der Waals surface area contributed by atoms with Crippen LogP contribution in [0.4, 0.5) is 13.2 Å². The number of aromatic nitrogens is 4. The second kappa shape index (κ2) is 4.99. The van der Waals surface area contributed by atoms with Gasteiger partial charge in [-0.05, 0) is 13.0 Å². The van der Waals surface area contributed by atoms with E-state index in [1.807, 2.05) is 4.98 Å². The van der Waals surface area contributed by atoms with Crippen LogP contribution in [-0.4, -0.2) is 25.7 Å². The SMILES string of the molecule is CC(NC(=O)c1c[nH]c(C(F)(F)F)c1)c1ncn(C)n1. The number of H-pyrrole nitrogens is 1. The molecule has 0 radical (unpaired) electrons. The van der Waals surface area contributed by atoms with Crippen LogP contribution in [-0.2, 0) is 13.2 Å². The zero-order valence-corrected chi connectivity index (χ0v) is 10.7. The van der Waals surface area contributed by atoms with Crippen molar-refractivity contribution in [1.82, 2.24) is 25.1 Å². The number of hydrogen-bond donors (Lipinski definition) is 2. The third-order valence-electron chi connectivity index (χ3n) is 2.60. The summed E-state index contributed by atoms with van der Waals surface area (Å²) in [5.74, 6) is -0.246. The number of nitrogens with one attached hydrogen (secondary N) is 2. The van der Waals surface area contributed by atoms with Crippen molar-refractivity contribution in [3.05, 3.63) is 35.7 Å². The number of nitrogens with zero attached hydrogens (tertiary/aromatic N) is 3. The minimum atomic E-state index is -4.51. The van der Waals surface area contributed by atoms with Gasteiger partial charge in [0.1, 0.15) is 12.0 Å². The van der Waals surface area contributed by atoms with Gasteiger partial charge in [0.15, 0.2) is 5.82 Å². The molecule has 20 heavy (non-hydrogen) atoms. The number of aromatic amines is 1. The molecule has 0 saturated carbocycles. The number of carbonyl (C=O) groups is 1. The van der Waals surface area contributed by atoms with Gasteiger partial charge in [0.05, 0.1) is 11.6 Å². The van der Waals surface area contributed by atoms with Crippen molar-refractivity contribution in [2.75, 3.05) is 0 Å². The molecule has 9 heteroatoms. The molecule has 2 heterocycles. The first-order valence-electron chi connectivity index (χ1n) is 5.69. The van der Waals surface area contributed by atoms with E-state index >= 15 is 0 Å². The summed E-state index contributed by atoms with van der Waals surface area (Å²) in [6.45, 7) is 1.64. The van der Waals surface area contributed by atoms with Crippen molar-refractivity contribution in [2.24, 2.45) is 7.05 Å². The van der Waals surface area contributed by atoms with Crippen molar-refractivity contribution < 1.29 is 18.0 Å². The normalized spacial score (nSPS) is 13.2. The molecule has 0 aliphatic rings. The van der Waals surface area contributed by atoms with Crippen LogP contribution in [0.2, 0.25) is 0 Å². The van der Waals surface area contributed by atoms with Crippen LogP contribution in [0.5, 0.6) is 0 Å². The average Bonchev–Trinajstić information content (AvgIpc) is 2.95. The largest absolute Gasteiger partial charge is 0.431 e. The smallest absolute Gasteiger partial charge is 0.357 e. The maximum atomic E-state index is 12.4. The van der Waals surface area contributed by atoms with Crippen LogP contribution in [0.25, 0.3) is 0 Å². The fourth-order valence-electron chi connectivity index (χ4n) is 1.59. The highest BCUT2D eigenvalue weighted by Gasteiger charge is 2.33. The van der Waals surface area contributed by atoms with Gasteiger partial charge in [0.2, 0.25) is 0 Å². The quantitative estimate of drug-likeness (QED) is 0.901. The molecule has 2 rings (SSSR count). The summed E-state index contributed by atoms with van der Waals surface area (Å²) in [5, 5.41) is 6.53. The first-order valence-corrected chi connectivity index (χ1v) is 5.69. The molecule has 108 valence electrons. The summed E-state index contributed by atoms with van der Waals surface area (Å²) in [5.41, 5.74) is -1.06. The van der Waals surface area contributed by atoms with Gasteiger partial charge in [-0.25, -0.2) is 4.98 Å². The molecule has 0 aromatic carbocycles. The van der Waals surface area contributed by atoms with E-state index in [2.05, 4.69) is 15.4 Å². The second-order valence-electron chi connectivity index (χ2n) is 4.27. The van der Waals surface area contributed by atoms with E-state index in [-0.39, 0.29) is 5.56 Å². The molecule has 1 atom stereocenters. The van der Waals surface area contributed by atoms with E-state index in [4.69, 9.17) is 0 Å². The van der Waals surface area contributed by atoms with Crippen molar-refractivity contribution in [2.45, 2.75) is 19.1 Å². The van der Waals surface area contributed by atoms with Crippen LogP contribution in [0, 0.1) is 0 Å². The Morgan fingerprint density at radius 3 is 2.70 bits per heavy atom. The second-order valence-corrected chi connectivity index (χ2v) is 4.27. The van der Waals surface area contributed by atoms with Gasteiger partial charge in [0.25, 0.3) is 5.91 Å². The average molecular weight is 287 g/mol. The lowest BCUT2D eigenvalue weighted by Gasteiger charge is -2.09. The number of amides is 1. The Bertz CT molecular complexity index is 616. The number of rotatable bonds is 3. The molecule has 2 N–H and O–H groups in total. The lowest BCUT2D eigenvalue weighted by molar-refractivity contribution is -0.140. The van der Waals surface area contributed by atoms with Crippen LogP contribution < -0.4 is 5.32 Å². The highest BCUT2D eigenvalue weighted by Crippen LogP contribution is 2.28. The molecule has 0 aliphatic heterocycles. The minimum Gasteiger partial charge on any atom is -0.357 e. The highest BCUT2D eigenvalue weighted by molar-refractivity contribution is 5.94. The monoisotopic (exact) mass is 287 g/mol. The summed E-state index contributed by atoms with van der Waals surface area (Å²) in [6, 6.07) is 0.251. The number of halogens is 3. The number of hydrogen-bond acceptors (Lipinski definition) is 3. The molecule has 0 aliphatic carbocycles. The molecule has 2 aromatic heterocycles. The van der Waals surface area contributed by atoms with E-state index in [9.17, 15) is 18.0 Å². The molecule has 0 fully saturated rings. The molecule has 0 bridgehead atoms. The lowest BCUT2D eigenvalue weighted by Crippen LogP contribution is -2.27. The third kappa shape index (κ3) is 2.98. The Kier molecular flexibility index (Phi) is 3.51. The van der Waals surface area contributed by atoms with Gasteiger partial charge < -0.3 is 10.3 Å². The van der Waals surface area contributed by atoms with Gasteiger partial charge in [-0.15, -0.1) is 0 Å². The summed E-state index contributed by atoms with van der Waals surface area (Å²) in [4.78, 5) is 17.8. The van der Waals surface area contributed by atoms with Crippen molar-refractivity contribution in [1.29, 1.82) is 0 Å². The molecule has 1 unspecified atom stereocenters. The zero-order valence-electron chi connectivity index (χ0n) is 10.7. The van der Waals surface area contributed by atoms with Crippen LogP contribution in [0.15, 0.2) is 18.6 Å². The van der Waals surface area contributed by atoms with E-state index in [1.54, 1.807) is 14.0 Å². The molecule has 1 amide bonds. The van der Waals surface area contributed by atoms with Crippen molar-refractivity contribution >= 4 is 5.91 Å². The Morgan fingerprint density at radius 1 is 1.50 bits per heavy atom. The fourth-order valence-corrected chi connectivity index (χ4v) is 1.59. The predicted octanol–water partition coefficient (Wildman–Crippen LogP) is 1.65. The van der Waals surface area contributed by atoms with Crippen molar-refractivity contribution in [3.8, 4) is 0 Å². The minimum absolute atomic E-state index is 0.0971. The Labute approximate surface area is 112 Å².